The molecule has 27 heavy (non-hydrogen) atoms. The molecule has 1 atom stereocenters. The van der Waals surface area contributed by atoms with Crippen LogP contribution >= 0.6 is 0 Å². The van der Waals surface area contributed by atoms with Crippen LogP contribution in [0.4, 0.5) is 0 Å². The lowest BCUT2D eigenvalue weighted by Gasteiger charge is -2.08. The van der Waals surface area contributed by atoms with Crippen LogP contribution < -0.4 is 14.6 Å². The molecule has 0 aliphatic carbocycles. The van der Waals surface area contributed by atoms with E-state index in [2.05, 4.69) is 0 Å². The van der Waals surface area contributed by atoms with E-state index < -0.39 is 20.8 Å². The third kappa shape index (κ3) is 7.70. The summed E-state index contributed by atoms with van der Waals surface area (Å²) < 4.78 is 44.9. The van der Waals surface area contributed by atoms with Crippen molar-refractivity contribution >= 4 is 20.8 Å². The molecule has 0 saturated carbocycles. The number of sulfonamides is 1. The molecule has 2 rings (SSSR count). The van der Waals surface area contributed by atoms with Crippen LogP contribution in [-0.2, 0) is 20.8 Å². The van der Waals surface area contributed by atoms with Gasteiger partial charge in [0.15, 0.2) is 0 Å². The maximum absolute atomic E-state index is 11.3. The number of rotatable bonds is 11. The van der Waals surface area contributed by atoms with Gasteiger partial charge in [-0.25, -0.2) is 13.6 Å². The number of hydrogen-bond acceptors (Lipinski definition) is 5. The first-order valence-corrected chi connectivity index (χ1v) is 11.8. The molecule has 0 aliphatic heterocycles. The van der Waals surface area contributed by atoms with Crippen molar-refractivity contribution in [3.63, 3.8) is 0 Å². The molecule has 0 bridgehead atoms. The minimum atomic E-state index is -3.66. The van der Waals surface area contributed by atoms with Crippen LogP contribution in [0.15, 0.2) is 58.3 Å². The van der Waals surface area contributed by atoms with E-state index in [0.717, 1.165) is 36.3 Å². The smallest absolute Gasteiger partial charge is 0.238 e. The van der Waals surface area contributed by atoms with Crippen molar-refractivity contribution in [1.82, 2.24) is 0 Å². The Balaban J connectivity index is 1.55. The van der Waals surface area contributed by atoms with Gasteiger partial charge in [0.05, 0.1) is 18.1 Å². The molecule has 0 heterocycles. The number of hydrogen-bond donors (Lipinski definition) is 1. The van der Waals surface area contributed by atoms with Crippen LogP contribution in [0.5, 0.6) is 11.5 Å². The van der Waals surface area contributed by atoms with Gasteiger partial charge in [0.1, 0.15) is 11.5 Å². The SMILES string of the molecule is CS(=O)c1ccc(OCCCCCCOc2ccc(S(N)(=O)=O)cc2)cc1. The summed E-state index contributed by atoms with van der Waals surface area (Å²) in [6.07, 6.45) is 5.56. The second kappa shape index (κ2) is 10.4. The molecular formula is C19H25NO5S2. The Kier molecular flexibility index (Phi) is 8.27. The van der Waals surface area contributed by atoms with Crippen LogP contribution in [0.1, 0.15) is 25.7 Å². The summed E-state index contributed by atoms with van der Waals surface area (Å²) >= 11 is 0. The summed E-state index contributed by atoms with van der Waals surface area (Å²) in [4.78, 5) is 0.870. The first kappa shape index (κ1) is 21.4. The molecule has 1 unspecified atom stereocenters. The summed E-state index contributed by atoms with van der Waals surface area (Å²) in [5, 5.41) is 5.05. The number of benzene rings is 2. The maximum Gasteiger partial charge on any atom is 0.238 e. The van der Waals surface area contributed by atoms with Crippen molar-refractivity contribution in [3.8, 4) is 11.5 Å². The predicted octanol–water partition coefficient (Wildman–Crippen LogP) is 3.09. The van der Waals surface area contributed by atoms with Gasteiger partial charge in [-0.05, 0) is 74.2 Å². The normalized spacial score (nSPS) is 12.5. The highest BCUT2D eigenvalue weighted by atomic mass is 32.2. The van der Waals surface area contributed by atoms with Crippen LogP contribution in [0.3, 0.4) is 0 Å². The minimum absolute atomic E-state index is 0.0763. The third-order valence-corrected chi connectivity index (χ3v) is 5.75. The fraction of sp³-hybridized carbons (Fsp3) is 0.368. The van der Waals surface area contributed by atoms with Crippen molar-refractivity contribution in [2.24, 2.45) is 5.14 Å². The fourth-order valence-electron chi connectivity index (χ4n) is 2.39. The molecule has 0 aromatic heterocycles. The molecule has 0 radical (unpaired) electrons. The van der Waals surface area contributed by atoms with E-state index in [4.69, 9.17) is 14.6 Å². The summed E-state index contributed by atoms with van der Waals surface area (Å²) in [5.41, 5.74) is 0. The Bertz CT molecular complexity index is 833. The van der Waals surface area contributed by atoms with Gasteiger partial charge in [-0.2, -0.15) is 0 Å². The van der Waals surface area contributed by atoms with Crippen molar-refractivity contribution in [2.75, 3.05) is 19.5 Å². The molecule has 148 valence electrons. The molecule has 8 heteroatoms. The number of ether oxygens (including phenoxy) is 2. The Morgan fingerprint density at radius 3 is 1.67 bits per heavy atom. The lowest BCUT2D eigenvalue weighted by Crippen LogP contribution is -2.11. The van der Waals surface area contributed by atoms with E-state index in [-0.39, 0.29) is 4.90 Å². The lowest BCUT2D eigenvalue weighted by atomic mass is 10.2. The Hall–Kier alpha value is -1.90. The standard InChI is InChI=1S/C19H25NO5S2/c1-26(21)18-10-6-16(7-11-18)24-14-4-2-3-5-15-25-17-8-12-19(13-9-17)27(20,22)23/h6-13H,2-5,14-15H2,1H3,(H2,20,22,23). The first-order valence-electron chi connectivity index (χ1n) is 8.68. The van der Waals surface area contributed by atoms with E-state index in [9.17, 15) is 12.6 Å². The predicted molar refractivity (Wildman–Crippen MR) is 106 cm³/mol. The minimum Gasteiger partial charge on any atom is -0.494 e. The molecule has 0 spiro atoms. The lowest BCUT2D eigenvalue weighted by molar-refractivity contribution is 0.287. The van der Waals surface area contributed by atoms with Gasteiger partial charge < -0.3 is 9.47 Å². The molecule has 0 aliphatic rings. The van der Waals surface area contributed by atoms with Gasteiger partial charge in [-0.3, -0.25) is 4.21 Å². The molecule has 0 fully saturated rings. The van der Waals surface area contributed by atoms with E-state index in [1.165, 1.54) is 12.1 Å². The topological polar surface area (TPSA) is 95.7 Å². The Morgan fingerprint density at radius 2 is 1.26 bits per heavy atom. The quantitative estimate of drug-likeness (QED) is 0.573. The van der Waals surface area contributed by atoms with Crippen molar-refractivity contribution in [1.29, 1.82) is 0 Å². The number of unbranched alkanes of at least 4 members (excludes halogenated alkanes) is 3. The van der Waals surface area contributed by atoms with Gasteiger partial charge in [0.2, 0.25) is 10.0 Å². The Labute approximate surface area is 163 Å². The van der Waals surface area contributed by atoms with Gasteiger partial charge >= 0.3 is 0 Å². The second-order valence-electron chi connectivity index (χ2n) is 6.05. The van der Waals surface area contributed by atoms with Gasteiger partial charge in [0, 0.05) is 22.0 Å². The molecule has 2 aromatic rings. The zero-order valence-corrected chi connectivity index (χ0v) is 16.9. The summed E-state index contributed by atoms with van der Waals surface area (Å²) in [6, 6.07) is 13.4. The van der Waals surface area contributed by atoms with Crippen LogP contribution in [-0.4, -0.2) is 32.1 Å². The van der Waals surface area contributed by atoms with Crippen LogP contribution in [0.25, 0.3) is 0 Å². The zero-order valence-electron chi connectivity index (χ0n) is 15.3. The largest absolute Gasteiger partial charge is 0.494 e. The van der Waals surface area contributed by atoms with Crippen molar-refractivity contribution < 1.29 is 22.1 Å². The van der Waals surface area contributed by atoms with Crippen LogP contribution in [0.2, 0.25) is 0 Å². The highest BCUT2D eigenvalue weighted by Gasteiger charge is 2.06. The summed E-state index contributed by atoms with van der Waals surface area (Å²) in [5.74, 6) is 1.41. The monoisotopic (exact) mass is 411 g/mol. The van der Waals surface area contributed by atoms with E-state index in [1.807, 2.05) is 24.3 Å². The first-order chi connectivity index (χ1) is 12.9. The molecule has 0 amide bonds. The Morgan fingerprint density at radius 1 is 0.815 bits per heavy atom. The average molecular weight is 412 g/mol. The second-order valence-corrected chi connectivity index (χ2v) is 8.99. The van der Waals surface area contributed by atoms with Gasteiger partial charge in [-0.1, -0.05) is 0 Å². The highest BCUT2D eigenvalue weighted by molar-refractivity contribution is 7.89. The third-order valence-electron chi connectivity index (χ3n) is 3.88. The molecule has 2 aromatic carbocycles. The van der Waals surface area contributed by atoms with Gasteiger partial charge in [-0.15, -0.1) is 0 Å². The average Bonchev–Trinajstić information content (AvgIpc) is 2.64. The molecule has 6 nitrogen and oxygen atoms in total. The summed E-state index contributed by atoms with van der Waals surface area (Å²) in [6.45, 7) is 1.22. The van der Waals surface area contributed by atoms with Crippen molar-refractivity contribution in [3.05, 3.63) is 48.5 Å². The van der Waals surface area contributed by atoms with Gasteiger partial charge in [0.25, 0.3) is 0 Å². The van der Waals surface area contributed by atoms with E-state index in [0.29, 0.717) is 19.0 Å². The zero-order chi connectivity index (χ0) is 19.7. The maximum atomic E-state index is 11.3. The fourth-order valence-corrected chi connectivity index (χ4v) is 3.43. The number of primary sulfonamides is 1. The molecule has 2 N–H and O–H groups in total. The summed E-state index contributed by atoms with van der Waals surface area (Å²) in [7, 11) is -4.63. The number of nitrogens with two attached hydrogens (primary N) is 1. The molecular weight excluding hydrogens is 386 g/mol. The van der Waals surface area contributed by atoms with Crippen molar-refractivity contribution in [2.45, 2.75) is 35.5 Å². The molecule has 0 saturated heterocycles. The van der Waals surface area contributed by atoms with E-state index in [1.54, 1.807) is 18.4 Å². The van der Waals surface area contributed by atoms with Crippen LogP contribution in [0, 0.1) is 0 Å². The highest BCUT2D eigenvalue weighted by Crippen LogP contribution is 2.16. The van der Waals surface area contributed by atoms with E-state index >= 15 is 0 Å².